The van der Waals surface area contributed by atoms with Crippen LogP contribution in [0, 0.1) is 23.1 Å². The molecule has 12 rings (SSSR count). The van der Waals surface area contributed by atoms with Crippen molar-refractivity contribution in [1.82, 2.24) is 49.8 Å². The van der Waals surface area contributed by atoms with Gasteiger partial charge in [-0.05, 0) is 145 Å². The van der Waals surface area contributed by atoms with Crippen molar-refractivity contribution in [2.75, 3.05) is 98.2 Å². The Balaban J connectivity index is 0.612. The SMILES string of the molecule is CC(C)(C)OC(=O)N(CC(=O)N1CCCC(c2cccc(C(=O)N[C@@H](C(=O)N3CCN(CC4CCN(CC(=O)N5CCN(C(=O)c6cc(Cc7n[nH]c(=O)c8ccccc78)ccc6F)CC5)CC4)CC3)C34CC(C3)C4)c2)C1)C1CC1. The number of rotatable bonds is 15. The Labute approximate surface area is 467 Å². The minimum absolute atomic E-state index is 0.00633. The second kappa shape index (κ2) is 23.0. The summed E-state index contributed by atoms with van der Waals surface area (Å²) in [6.07, 6.45) is 8.10. The van der Waals surface area contributed by atoms with Gasteiger partial charge >= 0.3 is 6.09 Å². The van der Waals surface area contributed by atoms with Gasteiger partial charge in [-0.2, -0.15) is 5.10 Å². The van der Waals surface area contributed by atoms with Crippen LogP contribution in [0.3, 0.4) is 0 Å². The van der Waals surface area contributed by atoms with Crippen molar-refractivity contribution < 1.29 is 37.9 Å². The third kappa shape index (κ3) is 12.3. The highest BCUT2D eigenvalue weighted by atomic mass is 19.1. The van der Waals surface area contributed by atoms with Crippen molar-refractivity contribution in [2.45, 2.75) is 109 Å². The summed E-state index contributed by atoms with van der Waals surface area (Å²) in [4.78, 5) is 108. The van der Waals surface area contributed by atoms with Crippen LogP contribution in [0.25, 0.3) is 10.8 Å². The Morgan fingerprint density at radius 3 is 2.15 bits per heavy atom. The number of nitrogens with one attached hydrogen (secondary N) is 2. The van der Waals surface area contributed by atoms with Crippen LogP contribution < -0.4 is 10.9 Å². The van der Waals surface area contributed by atoms with Crippen LogP contribution in [0.15, 0.2) is 71.5 Å². The average molecular weight is 1100 g/mol. The summed E-state index contributed by atoms with van der Waals surface area (Å²) in [6.45, 7) is 13.6. The number of ether oxygens (including phenoxy) is 1. The van der Waals surface area contributed by atoms with E-state index >= 15 is 4.39 Å². The summed E-state index contributed by atoms with van der Waals surface area (Å²) in [7, 11) is 0. The number of halogens is 1. The van der Waals surface area contributed by atoms with Gasteiger partial charge in [0.2, 0.25) is 17.7 Å². The fraction of sp³-hybridized carbons (Fsp3) is 0.574. The summed E-state index contributed by atoms with van der Waals surface area (Å²) in [5.74, 6) is -0.182. The van der Waals surface area contributed by atoms with Gasteiger partial charge in [0.25, 0.3) is 17.4 Å². The number of benzene rings is 3. The number of hydrogen-bond acceptors (Lipinski definition) is 11. The number of nitrogens with zero attached hydrogens (tertiary/aromatic N) is 8. The first-order valence-corrected chi connectivity index (χ1v) is 29.2. The normalized spacial score (nSPS) is 23.2. The van der Waals surface area contributed by atoms with Crippen molar-refractivity contribution in [2.24, 2.45) is 17.3 Å². The number of carbonyl (C=O) groups excluding carboxylic acids is 6. The van der Waals surface area contributed by atoms with E-state index in [2.05, 4.69) is 25.3 Å². The predicted molar refractivity (Wildman–Crippen MR) is 298 cm³/mol. The molecule has 0 radical (unpaired) electrons. The van der Waals surface area contributed by atoms with Gasteiger partial charge in [-0.15, -0.1) is 0 Å². The number of likely N-dealkylation sites (tertiary alicyclic amines) is 2. The van der Waals surface area contributed by atoms with Gasteiger partial charge in [0.15, 0.2) is 0 Å². The highest BCUT2D eigenvalue weighted by molar-refractivity contribution is 5.98. The number of hydrogen-bond donors (Lipinski definition) is 2. The molecule has 0 spiro atoms. The van der Waals surface area contributed by atoms with Crippen molar-refractivity contribution in [3.8, 4) is 0 Å². The van der Waals surface area contributed by atoms with Gasteiger partial charge in [0.05, 0.1) is 23.2 Å². The van der Waals surface area contributed by atoms with Crippen molar-refractivity contribution in [3.63, 3.8) is 0 Å². The molecule has 4 saturated carbocycles. The summed E-state index contributed by atoms with van der Waals surface area (Å²) in [6, 6.07) is 18.7. The Hall–Kier alpha value is -6.73. The van der Waals surface area contributed by atoms with E-state index in [1.807, 2.05) is 67.0 Å². The number of piperidine rings is 2. The number of carbonyl (C=O) groups is 6. The number of piperazine rings is 2. The quantitative estimate of drug-likeness (QED) is 0.153. The third-order valence-electron chi connectivity index (χ3n) is 18.1. The van der Waals surface area contributed by atoms with Crippen LogP contribution in [0.2, 0.25) is 0 Å². The van der Waals surface area contributed by atoms with E-state index in [9.17, 15) is 33.6 Å². The summed E-state index contributed by atoms with van der Waals surface area (Å²) < 4.78 is 20.8. The van der Waals surface area contributed by atoms with E-state index in [-0.39, 0.29) is 58.7 Å². The number of amides is 6. The fourth-order valence-corrected chi connectivity index (χ4v) is 13.3. The van der Waals surface area contributed by atoms with E-state index in [0.29, 0.717) is 105 Å². The molecule has 1 aromatic heterocycles. The highest BCUT2D eigenvalue weighted by Gasteiger charge is 2.63. The lowest BCUT2D eigenvalue weighted by Crippen LogP contribution is -2.69. The van der Waals surface area contributed by atoms with Gasteiger partial charge in [0, 0.05) is 107 Å². The van der Waals surface area contributed by atoms with Crippen LogP contribution in [-0.2, 0) is 25.5 Å². The van der Waals surface area contributed by atoms with Gasteiger partial charge in [0.1, 0.15) is 24.0 Å². The number of aromatic nitrogens is 2. The van der Waals surface area contributed by atoms with E-state index in [4.69, 9.17) is 4.74 Å². The zero-order chi connectivity index (χ0) is 55.9. The smallest absolute Gasteiger partial charge is 0.411 e. The average Bonchev–Trinajstić information content (AvgIpc) is 4.41. The Kier molecular flexibility index (Phi) is 15.9. The van der Waals surface area contributed by atoms with Gasteiger partial charge < -0.3 is 29.7 Å². The minimum atomic E-state index is -0.651. The molecular weight excluding hydrogens is 1020 g/mol. The molecule has 4 saturated heterocycles. The first-order chi connectivity index (χ1) is 38.5. The number of aromatic amines is 1. The highest BCUT2D eigenvalue weighted by Crippen LogP contribution is 2.66. The molecule has 3 aromatic carbocycles. The molecule has 19 heteroatoms. The van der Waals surface area contributed by atoms with Crippen molar-refractivity contribution in [3.05, 3.63) is 111 Å². The van der Waals surface area contributed by atoms with Crippen LogP contribution in [0.1, 0.15) is 122 Å². The molecular formula is C61H77FN10O8. The zero-order valence-corrected chi connectivity index (χ0v) is 46.6. The maximum Gasteiger partial charge on any atom is 0.411 e. The molecule has 6 amide bonds. The predicted octanol–water partition coefficient (Wildman–Crippen LogP) is 5.50. The first kappa shape index (κ1) is 55.2. The molecule has 5 heterocycles. The molecule has 4 aromatic rings. The first-order valence-electron chi connectivity index (χ1n) is 29.2. The van der Waals surface area contributed by atoms with E-state index in [1.165, 1.54) is 6.07 Å². The molecule has 426 valence electrons. The molecule has 8 aliphatic rings. The lowest BCUT2D eigenvalue weighted by molar-refractivity contribution is -0.164. The summed E-state index contributed by atoms with van der Waals surface area (Å²) >= 11 is 0. The Morgan fingerprint density at radius 2 is 1.46 bits per heavy atom. The van der Waals surface area contributed by atoms with Crippen LogP contribution in [0.5, 0.6) is 0 Å². The second-order valence-corrected chi connectivity index (χ2v) is 24.9. The van der Waals surface area contributed by atoms with Gasteiger partial charge in [-0.25, -0.2) is 14.3 Å². The molecule has 2 N–H and O–H groups in total. The standard InChI is InChI=1S/C61H77FN10O8/c1-60(2,3)80-59(79)72(46-14-15-46)39-53(74)71-19-7-10-45(37-71)43-8-6-9-44(32-43)55(75)63-54(61-33-42(34-61)35-61)58(78)70-24-22-67(23-25-70)36-40-17-20-66(21-18-40)38-52(73)68-26-28-69(29-27-68)57(77)49-30-41(13-16-50(49)62)31-51-47-11-4-5-12-48(47)56(76)65-64-51/h4-6,8-9,11-13,16,30,32,40,42,45-46,54H,7,10,14-15,17-29,31,33-39H2,1-3H3,(H,63,75)(H,65,76)/t42?,45?,54-,61?/m0/s1. The number of H-pyrrole nitrogens is 1. The number of fused-ring (bicyclic) bond motifs is 1. The molecule has 1 unspecified atom stereocenters. The van der Waals surface area contributed by atoms with Crippen LogP contribution >= 0.6 is 0 Å². The summed E-state index contributed by atoms with van der Waals surface area (Å²) in [5.41, 5.74) is 1.66. The van der Waals surface area contributed by atoms with Crippen LogP contribution in [0.4, 0.5) is 9.18 Å². The molecule has 2 atom stereocenters. The Bertz CT molecular complexity index is 3040. The molecule has 4 aliphatic heterocycles. The largest absolute Gasteiger partial charge is 0.444 e. The third-order valence-corrected chi connectivity index (χ3v) is 18.1. The van der Waals surface area contributed by atoms with Crippen molar-refractivity contribution in [1.29, 1.82) is 0 Å². The maximum absolute atomic E-state index is 15.2. The Morgan fingerprint density at radius 1 is 0.762 bits per heavy atom. The lowest BCUT2D eigenvalue weighted by atomic mass is 9.41. The molecule has 4 aliphatic carbocycles. The van der Waals surface area contributed by atoms with Crippen LogP contribution in [-0.4, -0.2) is 196 Å². The molecule has 2 bridgehead atoms. The molecule has 8 fully saturated rings. The van der Waals surface area contributed by atoms with E-state index in [1.54, 1.807) is 39.0 Å². The zero-order valence-electron chi connectivity index (χ0n) is 46.6. The topological polar surface area (TPSA) is 192 Å². The van der Waals surface area contributed by atoms with Crippen molar-refractivity contribution >= 4 is 46.4 Å². The van der Waals surface area contributed by atoms with E-state index < -0.39 is 29.5 Å². The lowest BCUT2D eigenvalue weighted by Gasteiger charge is -2.65. The summed E-state index contributed by atoms with van der Waals surface area (Å²) in [5, 5.41) is 11.2. The molecule has 80 heavy (non-hydrogen) atoms. The van der Waals surface area contributed by atoms with E-state index in [0.717, 1.165) is 96.1 Å². The fourth-order valence-electron chi connectivity index (χ4n) is 13.3. The monoisotopic (exact) mass is 1100 g/mol. The minimum Gasteiger partial charge on any atom is -0.444 e. The van der Waals surface area contributed by atoms with Gasteiger partial charge in [-0.3, -0.25) is 43.5 Å². The van der Waals surface area contributed by atoms with Gasteiger partial charge in [-0.1, -0.05) is 36.4 Å². The maximum atomic E-state index is 15.2. The second-order valence-electron chi connectivity index (χ2n) is 24.9. The molecule has 18 nitrogen and oxygen atoms in total.